The summed E-state index contributed by atoms with van der Waals surface area (Å²) in [5.41, 5.74) is 12.3. The molecule has 12 rings (SSSR count). The molecule has 0 heterocycles. The van der Waals surface area contributed by atoms with E-state index in [9.17, 15) is 0 Å². The first-order valence-corrected chi connectivity index (χ1v) is 20.8. The Bertz CT molecular complexity index is 3620. The average molecular weight is 759 g/mol. The third kappa shape index (κ3) is 5.53. The summed E-state index contributed by atoms with van der Waals surface area (Å²) in [6, 6.07) is 85.2. The van der Waals surface area contributed by atoms with Crippen molar-refractivity contribution >= 4 is 64.6 Å². The second-order valence-corrected chi connectivity index (χ2v) is 16.0. The van der Waals surface area contributed by atoms with Crippen LogP contribution in [-0.2, 0) is 0 Å². The van der Waals surface area contributed by atoms with E-state index < -0.39 is 0 Å². The fourth-order valence-electron chi connectivity index (χ4n) is 9.85. The van der Waals surface area contributed by atoms with Gasteiger partial charge in [0.25, 0.3) is 0 Å². The first kappa shape index (κ1) is 34.3. The molecular weight excluding hydrogens is 721 g/mol. The topological polar surface area (TPSA) is 0 Å². The maximum absolute atomic E-state index is 2.46. The molecule has 0 aliphatic rings. The summed E-state index contributed by atoms with van der Waals surface area (Å²) < 4.78 is 0. The van der Waals surface area contributed by atoms with Crippen LogP contribution < -0.4 is 0 Å². The minimum atomic E-state index is 1.21. The van der Waals surface area contributed by atoms with Crippen LogP contribution in [-0.4, -0.2) is 0 Å². The number of hydrogen-bond acceptors (Lipinski definition) is 0. The highest BCUT2D eigenvalue weighted by atomic mass is 14.2. The van der Waals surface area contributed by atoms with Crippen molar-refractivity contribution in [3.05, 3.63) is 231 Å². The van der Waals surface area contributed by atoms with Crippen molar-refractivity contribution in [1.29, 1.82) is 0 Å². The van der Waals surface area contributed by atoms with Gasteiger partial charge in [0.15, 0.2) is 0 Å². The molecule has 278 valence electrons. The zero-order valence-corrected chi connectivity index (χ0v) is 32.9. The minimum Gasteiger partial charge on any atom is -0.0616 e. The van der Waals surface area contributed by atoms with Gasteiger partial charge in [-0.05, 0) is 132 Å². The summed E-state index contributed by atoms with van der Waals surface area (Å²) in [6.45, 7) is 0. The maximum Gasteiger partial charge on any atom is -0.00261 e. The number of fused-ring (bicyclic) bond motifs is 7. The van der Waals surface area contributed by atoms with Gasteiger partial charge < -0.3 is 0 Å². The fraction of sp³-hybridized carbons (Fsp3) is 0. The molecule has 0 saturated carbocycles. The SMILES string of the molecule is c1ccc2c(-c3ccc(-c4c5ccccc5c(-c5ccc(-c6cccc7ccccc67)cc5)c5cc(-c6cc7ccccc7c7ccccc67)ccc45)cc3)cccc2c1. The molecule has 0 spiro atoms. The molecule has 0 fully saturated rings. The van der Waals surface area contributed by atoms with E-state index in [1.165, 1.54) is 120 Å². The van der Waals surface area contributed by atoms with Crippen molar-refractivity contribution in [2.45, 2.75) is 0 Å². The van der Waals surface area contributed by atoms with Crippen molar-refractivity contribution in [1.82, 2.24) is 0 Å². The Labute approximate surface area is 349 Å². The lowest BCUT2D eigenvalue weighted by Gasteiger charge is -2.20. The highest BCUT2D eigenvalue weighted by Crippen LogP contribution is 2.47. The summed E-state index contributed by atoms with van der Waals surface area (Å²) in [5.74, 6) is 0. The van der Waals surface area contributed by atoms with Crippen molar-refractivity contribution < 1.29 is 0 Å². The molecule has 60 heavy (non-hydrogen) atoms. The van der Waals surface area contributed by atoms with Crippen molar-refractivity contribution in [3.63, 3.8) is 0 Å². The Balaban J connectivity index is 1.10. The molecule has 0 aliphatic heterocycles. The molecule has 0 bridgehead atoms. The Kier molecular flexibility index (Phi) is 7.96. The van der Waals surface area contributed by atoms with Gasteiger partial charge in [-0.1, -0.05) is 218 Å². The van der Waals surface area contributed by atoms with Gasteiger partial charge in [-0.2, -0.15) is 0 Å². The molecule has 0 atom stereocenters. The highest BCUT2D eigenvalue weighted by Gasteiger charge is 2.19. The van der Waals surface area contributed by atoms with Gasteiger partial charge >= 0.3 is 0 Å². The summed E-state index contributed by atoms with van der Waals surface area (Å²) in [7, 11) is 0. The second-order valence-electron chi connectivity index (χ2n) is 16.0. The third-order valence-corrected chi connectivity index (χ3v) is 12.7. The number of benzene rings is 12. The van der Waals surface area contributed by atoms with Crippen molar-refractivity contribution in [2.24, 2.45) is 0 Å². The van der Waals surface area contributed by atoms with E-state index >= 15 is 0 Å². The van der Waals surface area contributed by atoms with Crippen LogP contribution in [0, 0.1) is 0 Å². The zero-order chi connectivity index (χ0) is 39.6. The first-order valence-electron chi connectivity index (χ1n) is 20.8. The van der Waals surface area contributed by atoms with Crippen LogP contribution in [0.25, 0.3) is 120 Å². The zero-order valence-electron chi connectivity index (χ0n) is 32.9. The van der Waals surface area contributed by atoms with Crippen LogP contribution in [0.3, 0.4) is 0 Å². The smallest absolute Gasteiger partial charge is 0.00261 e. The number of hydrogen-bond donors (Lipinski definition) is 0. The van der Waals surface area contributed by atoms with E-state index in [2.05, 4.69) is 231 Å². The van der Waals surface area contributed by atoms with Gasteiger partial charge in [-0.3, -0.25) is 0 Å². The Morgan fingerprint density at radius 3 is 1.12 bits per heavy atom. The van der Waals surface area contributed by atoms with Gasteiger partial charge in [0.2, 0.25) is 0 Å². The summed E-state index contributed by atoms with van der Waals surface area (Å²) in [5, 5.41) is 15.1. The van der Waals surface area contributed by atoms with Crippen LogP contribution in [0.2, 0.25) is 0 Å². The lowest BCUT2D eigenvalue weighted by atomic mass is 9.83. The molecule has 0 saturated heterocycles. The predicted molar refractivity (Wildman–Crippen MR) is 259 cm³/mol. The molecule has 0 radical (unpaired) electrons. The second kappa shape index (κ2) is 13.9. The molecule has 12 aromatic rings. The first-order chi connectivity index (χ1) is 29.8. The highest BCUT2D eigenvalue weighted by molar-refractivity contribution is 6.23. The van der Waals surface area contributed by atoms with Crippen LogP contribution in [0.1, 0.15) is 0 Å². The standard InChI is InChI=1S/C60H38/c1-4-18-47-39(13-1)16-11-25-49(47)41-27-31-43(32-28-41)59-54-23-9-10-24-55(54)60(44-33-29-42(30-34-44)50-26-12-17-40-14-2-5-19-48(40)50)58-38-46(35-36-56(58)59)57-37-45-15-3-6-20-51(45)52-21-7-8-22-53(52)57/h1-38H. The van der Waals surface area contributed by atoms with E-state index in [-0.39, 0.29) is 0 Å². The summed E-state index contributed by atoms with van der Waals surface area (Å²) >= 11 is 0. The van der Waals surface area contributed by atoms with Crippen LogP contribution in [0.15, 0.2) is 231 Å². The fourth-order valence-corrected chi connectivity index (χ4v) is 9.85. The molecule has 0 nitrogen and oxygen atoms in total. The van der Waals surface area contributed by atoms with Crippen LogP contribution in [0.4, 0.5) is 0 Å². The lowest BCUT2D eigenvalue weighted by Crippen LogP contribution is -1.93. The van der Waals surface area contributed by atoms with E-state index in [1.807, 2.05) is 0 Å². The van der Waals surface area contributed by atoms with Crippen LogP contribution in [0.5, 0.6) is 0 Å². The third-order valence-electron chi connectivity index (χ3n) is 12.7. The monoisotopic (exact) mass is 758 g/mol. The van der Waals surface area contributed by atoms with Gasteiger partial charge in [0.05, 0.1) is 0 Å². The quantitative estimate of drug-likeness (QED) is 0.121. The van der Waals surface area contributed by atoms with E-state index in [4.69, 9.17) is 0 Å². The average Bonchev–Trinajstić information content (AvgIpc) is 3.32. The Morgan fingerprint density at radius 2 is 0.550 bits per heavy atom. The normalized spacial score (nSPS) is 11.7. The van der Waals surface area contributed by atoms with Gasteiger partial charge in [-0.15, -0.1) is 0 Å². The molecule has 0 unspecified atom stereocenters. The van der Waals surface area contributed by atoms with E-state index in [0.29, 0.717) is 0 Å². The Hall–Kier alpha value is -7.80. The lowest BCUT2D eigenvalue weighted by molar-refractivity contribution is 1.62. The van der Waals surface area contributed by atoms with Crippen LogP contribution >= 0.6 is 0 Å². The van der Waals surface area contributed by atoms with Gasteiger partial charge in [0.1, 0.15) is 0 Å². The Morgan fingerprint density at radius 1 is 0.167 bits per heavy atom. The van der Waals surface area contributed by atoms with Crippen molar-refractivity contribution in [3.8, 4) is 55.6 Å². The van der Waals surface area contributed by atoms with E-state index in [0.717, 1.165) is 0 Å². The minimum absolute atomic E-state index is 1.21. The summed E-state index contributed by atoms with van der Waals surface area (Å²) in [4.78, 5) is 0. The number of rotatable bonds is 5. The largest absolute Gasteiger partial charge is 0.0616 e. The molecule has 0 N–H and O–H groups in total. The maximum atomic E-state index is 2.46. The predicted octanol–water partition coefficient (Wildman–Crippen LogP) is 16.9. The molecule has 0 aliphatic carbocycles. The van der Waals surface area contributed by atoms with Gasteiger partial charge in [0, 0.05) is 0 Å². The summed E-state index contributed by atoms with van der Waals surface area (Å²) in [6.07, 6.45) is 0. The molecule has 0 heteroatoms. The van der Waals surface area contributed by atoms with Gasteiger partial charge in [-0.25, -0.2) is 0 Å². The van der Waals surface area contributed by atoms with E-state index in [1.54, 1.807) is 0 Å². The molecule has 0 aromatic heterocycles. The molecular formula is C60H38. The molecule has 0 amide bonds. The molecule has 12 aromatic carbocycles. The van der Waals surface area contributed by atoms with Crippen molar-refractivity contribution in [2.75, 3.05) is 0 Å².